The fourth-order valence-corrected chi connectivity index (χ4v) is 2.00. The number of nitrogen functional groups attached to an aromatic ring is 1. The Balaban J connectivity index is 3.16. The van der Waals surface area contributed by atoms with Crippen LogP contribution in [0.2, 0.25) is 0 Å². The highest BCUT2D eigenvalue weighted by Gasteiger charge is 2.30. The van der Waals surface area contributed by atoms with E-state index in [2.05, 4.69) is 15.9 Å². The quantitative estimate of drug-likeness (QED) is 0.834. The first kappa shape index (κ1) is 15.5. The number of aliphatic carboxylic acids is 1. The average Bonchev–Trinajstić information content (AvgIpc) is 2.23. The highest BCUT2D eigenvalue weighted by atomic mass is 79.9. The molecule has 104 valence electrons. The van der Waals surface area contributed by atoms with Gasteiger partial charge in [0.05, 0.1) is 5.56 Å². The summed E-state index contributed by atoms with van der Waals surface area (Å²) in [7, 11) is 0. The summed E-state index contributed by atoms with van der Waals surface area (Å²) in [5, 5.41) is 8.92. The Hall–Kier alpha value is -1.56. The van der Waals surface area contributed by atoms with Gasteiger partial charge in [0, 0.05) is 15.7 Å². The van der Waals surface area contributed by atoms with Gasteiger partial charge < -0.3 is 15.7 Å². The van der Waals surface area contributed by atoms with E-state index < -0.39 is 11.5 Å². The largest absolute Gasteiger partial charge is 0.480 e. The topological polar surface area (TPSA) is 83.6 Å². The molecule has 0 aliphatic heterocycles. The molecule has 0 radical (unpaired) electrons. The van der Waals surface area contributed by atoms with Gasteiger partial charge in [0.2, 0.25) is 0 Å². The van der Waals surface area contributed by atoms with Crippen molar-refractivity contribution in [1.29, 1.82) is 0 Å². The molecule has 0 fully saturated rings. The lowest BCUT2D eigenvalue weighted by atomic mass is 10.0. The van der Waals surface area contributed by atoms with E-state index in [1.54, 1.807) is 39.0 Å². The molecule has 0 bridgehead atoms. The minimum Gasteiger partial charge on any atom is -0.480 e. The highest BCUT2D eigenvalue weighted by molar-refractivity contribution is 9.10. The van der Waals surface area contributed by atoms with E-state index in [4.69, 9.17) is 10.8 Å². The standard InChI is InChI=1S/C13H17BrN2O3/c1-13(2,3)16(7-11(17)18)12(19)9-5-4-8(14)6-10(9)15/h4-6H,7,15H2,1-3H3,(H,17,18). The Morgan fingerprint density at radius 3 is 2.37 bits per heavy atom. The van der Waals surface area contributed by atoms with Crippen LogP contribution in [0.15, 0.2) is 22.7 Å². The third-order valence-electron chi connectivity index (χ3n) is 2.59. The maximum atomic E-state index is 12.4. The van der Waals surface area contributed by atoms with E-state index in [9.17, 15) is 9.59 Å². The van der Waals surface area contributed by atoms with Crippen molar-refractivity contribution in [2.75, 3.05) is 12.3 Å². The summed E-state index contributed by atoms with van der Waals surface area (Å²) in [6, 6.07) is 4.91. The molecule has 0 spiro atoms. The summed E-state index contributed by atoms with van der Waals surface area (Å²) in [5.41, 5.74) is 5.83. The number of carbonyl (C=O) groups excluding carboxylic acids is 1. The number of anilines is 1. The molecule has 0 aromatic heterocycles. The smallest absolute Gasteiger partial charge is 0.323 e. The molecule has 1 amide bonds. The summed E-state index contributed by atoms with van der Waals surface area (Å²) in [4.78, 5) is 24.6. The number of carboxylic acid groups (broad SMARTS) is 1. The first-order chi connectivity index (χ1) is 8.62. The summed E-state index contributed by atoms with van der Waals surface area (Å²) in [6.45, 7) is 4.98. The third-order valence-corrected chi connectivity index (χ3v) is 3.09. The van der Waals surface area contributed by atoms with Crippen molar-refractivity contribution in [1.82, 2.24) is 4.90 Å². The second-order valence-electron chi connectivity index (χ2n) is 5.19. The molecular formula is C13H17BrN2O3. The van der Waals surface area contributed by atoms with Gasteiger partial charge in [0.25, 0.3) is 5.91 Å². The number of carboxylic acids is 1. The van der Waals surface area contributed by atoms with E-state index in [0.29, 0.717) is 11.3 Å². The Labute approximate surface area is 120 Å². The molecule has 1 rings (SSSR count). The van der Waals surface area contributed by atoms with Crippen LogP contribution in [0, 0.1) is 0 Å². The van der Waals surface area contributed by atoms with Crippen LogP contribution in [0.1, 0.15) is 31.1 Å². The maximum Gasteiger partial charge on any atom is 0.323 e. The van der Waals surface area contributed by atoms with E-state index in [0.717, 1.165) is 4.47 Å². The molecule has 0 aliphatic rings. The zero-order valence-electron chi connectivity index (χ0n) is 11.1. The molecule has 0 aliphatic carbocycles. The molecule has 0 saturated heterocycles. The lowest BCUT2D eigenvalue weighted by molar-refractivity contribution is -0.138. The van der Waals surface area contributed by atoms with Crippen LogP contribution in [0.4, 0.5) is 5.69 Å². The Morgan fingerprint density at radius 2 is 1.95 bits per heavy atom. The Kier molecular flexibility index (Phi) is 4.57. The first-order valence-corrected chi connectivity index (χ1v) is 6.51. The highest BCUT2D eigenvalue weighted by Crippen LogP contribution is 2.23. The molecule has 0 heterocycles. The van der Waals surface area contributed by atoms with Gasteiger partial charge in [-0.15, -0.1) is 0 Å². The van der Waals surface area contributed by atoms with E-state index >= 15 is 0 Å². The SMILES string of the molecule is CC(C)(C)N(CC(=O)O)C(=O)c1ccc(Br)cc1N. The summed E-state index contributed by atoms with van der Waals surface area (Å²) >= 11 is 3.26. The summed E-state index contributed by atoms with van der Waals surface area (Å²) < 4.78 is 0.766. The van der Waals surface area contributed by atoms with Crippen molar-refractivity contribution in [3.05, 3.63) is 28.2 Å². The molecule has 0 atom stereocenters. The fourth-order valence-electron chi connectivity index (χ4n) is 1.62. The van der Waals surface area contributed by atoms with Crippen molar-refractivity contribution in [2.45, 2.75) is 26.3 Å². The Morgan fingerprint density at radius 1 is 1.37 bits per heavy atom. The molecule has 5 nitrogen and oxygen atoms in total. The normalized spacial score (nSPS) is 11.2. The molecule has 1 aromatic rings. The van der Waals surface area contributed by atoms with Gasteiger partial charge >= 0.3 is 5.97 Å². The van der Waals surface area contributed by atoms with Gasteiger partial charge in [-0.1, -0.05) is 15.9 Å². The maximum absolute atomic E-state index is 12.4. The monoisotopic (exact) mass is 328 g/mol. The van der Waals surface area contributed by atoms with Gasteiger partial charge in [0.1, 0.15) is 6.54 Å². The minimum absolute atomic E-state index is 0.305. The number of benzene rings is 1. The van der Waals surface area contributed by atoms with Gasteiger partial charge in [-0.2, -0.15) is 0 Å². The molecule has 3 N–H and O–H groups in total. The molecule has 1 aromatic carbocycles. The third kappa shape index (κ3) is 3.96. The number of hydrogen-bond acceptors (Lipinski definition) is 3. The van der Waals surface area contributed by atoms with Crippen LogP contribution in [0.3, 0.4) is 0 Å². The predicted molar refractivity (Wildman–Crippen MR) is 77.0 cm³/mol. The van der Waals surface area contributed by atoms with Crippen molar-refractivity contribution in [2.24, 2.45) is 0 Å². The number of nitrogens with zero attached hydrogens (tertiary/aromatic N) is 1. The van der Waals surface area contributed by atoms with E-state index in [1.807, 2.05) is 0 Å². The number of halogens is 1. The van der Waals surface area contributed by atoms with E-state index in [1.165, 1.54) is 4.90 Å². The van der Waals surface area contributed by atoms with Crippen LogP contribution in [-0.2, 0) is 4.79 Å². The van der Waals surface area contributed by atoms with Gasteiger partial charge in [-0.25, -0.2) is 0 Å². The lowest BCUT2D eigenvalue weighted by Crippen LogP contribution is -2.48. The van der Waals surface area contributed by atoms with Crippen LogP contribution < -0.4 is 5.73 Å². The fraction of sp³-hybridized carbons (Fsp3) is 0.385. The zero-order chi connectivity index (χ0) is 14.8. The lowest BCUT2D eigenvalue weighted by Gasteiger charge is -2.34. The average molecular weight is 329 g/mol. The minimum atomic E-state index is -1.06. The zero-order valence-corrected chi connectivity index (χ0v) is 12.7. The van der Waals surface area contributed by atoms with Gasteiger partial charge in [0.15, 0.2) is 0 Å². The van der Waals surface area contributed by atoms with Crippen LogP contribution in [0.25, 0.3) is 0 Å². The predicted octanol–water partition coefficient (Wildman–Crippen LogP) is 2.36. The number of hydrogen-bond donors (Lipinski definition) is 2. The second-order valence-corrected chi connectivity index (χ2v) is 6.10. The molecule has 0 saturated carbocycles. The molecule has 19 heavy (non-hydrogen) atoms. The molecule has 6 heteroatoms. The van der Waals surface area contributed by atoms with Crippen molar-refractivity contribution < 1.29 is 14.7 Å². The van der Waals surface area contributed by atoms with Crippen LogP contribution in [0.5, 0.6) is 0 Å². The summed E-state index contributed by atoms with van der Waals surface area (Å²) in [6.07, 6.45) is 0. The summed E-state index contributed by atoms with van der Waals surface area (Å²) in [5.74, 6) is -1.45. The molecular weight excluding hydrogens is 312 g/mol. The molecule has 0 unspecified atom stereocenters. The van der Waals surface area contributed by atoms with Crippen LogP contribution in [-0.4, -0.2) is 34.0 Å². The van der Waals surface area contributed by atoms with Gasteiger partial charge in [-0.3, -0.25) is 9.59 Å². The number of rotatable bonds is 3. The Bertz CT molecular complexity index is 509. The van der Waals surface area contributed by atoms with Crippen molar-refractivity contribution in [3.63, 3.8) is 0 Å². The van der Waals surface area contributed by atoms with Crippen LogP contribution >= 0.6 is 15.9 Å². The van der Waals surface area contributed by atoms with Crippen molar-refractivity contribution >= 4 is 33.5 Å². The number of carbonyl (C=O) groups is 2. The number of amides is 1. The van der Waals surface area contributed by atoms with Gasteiger partial charge in [-0.05, 0) is 39.0 Å². The first-order valence-electron chi connectivity index (χ1n) is 5.71. The second kappa shape index (κ2) is 5.61. The van der Waals surface area contributed by atoms with E-state index in [-0.39, 0.29) is 12.5 Å². The number of nitrogens with two attached hydrogens (primary N) is 1. The van der Waals surface area contributed by atoms with Crippen molar-refractivity contribution in [3.8, 4) is 0 Å².